The number of aromatic nitrogens is 1. The Labute approximate surface area is 136 Å². The van der Waals surface area contributed by atoms with E-state index in [0.29, 0.717) is 18.8 Å². The fourth-order valence-electron chi connectivity index (χ4n) is 2.87. The molecule has 1 amide bonds. The summed E-state index contributed by atoms with van der Waals surface area (Å²) in [7, 11) is 1.85. The predicted molar refractivity (Wildman–Crippen MR) is 88.0 cm³/mol. The summed E-state index contributed by atoms with van der Waals surface area (Å²) < 4.78 is 13.3. The second kappa shape index (κ2) is 6.36. The van der Waals surface area contributed by atoms with Crippen molar-refractivity contribution in [2.75, 3.05) is 6.61 Å². The minimum Gasteiger partial charge on any atom is -0.494 e. The van der Waals surface area contributed by atoms with Gasteiger partial charge in [0.1, 0.15) is 23.3 Å². The number of nitrogens with zero attached hydrogens (tertiary/aromatic N) is 1. The van der Waals surface area contributed by atoms with E-state index < -0.39 is 0 Å². The molecule has 0 radical (unpaired) electrons. The van der Waals surface area contributed by atoms with Gasteiger partial charge in [0, 0.05) is 37.3 Å². The van der Waals surface area contributed by atoms with Gasteiger partial charge in [-0.2, -0.15) is 0 Å². The third kappa shape index (κ3) is 3.18. The molecule has 5 heteroatoms. The van der Waals surface area contributed by atoms with Crippen LogP contribution in [0.25, 0.3) is 0 Å². The molecule has 5 nitrogen and oxygen atoms in total. The summed E-state index contributed by atoms with van der Waals surface area (Å²) in [5, 5.41) is 2.95. The SMILES string of the molecule is CCOc1cc2c(cc1CNC(=O)c1cccn1C)OC(C)C2. The van der Waals surface area contributed by atoms with Crippen LogP contribution in [-0.4, -0.2) is 23.2 Å². The first-order chi connectivity index (χ1) is 11.1. The van der Waals surface area contributed by atoms with Crippen molar-refractivity contribution in [1.82, 2.24) is 9.88 Å². The molecule has 0 saturated heterocycles. The summed E-state index contributed by atoms with van der Waals surface area (Å²) in [6, 6.07) is 7.67. The van der Waals surface area contributed by atoms with E-state index in [1.165, 1.54) is 5.56 Å². The quantitative estimate of drug-likeness (QED) is 0.923. The van der Waals surface area contributed by atoms with Gasteiger partial charge in [-0.05, 0) is 38.1 Å². The lowest BCUT2D eigenvalue weighted by Gasteiger charge is -2.13. The fourth-order valence-corrected chi connectivity index (χ4v) is 2.87. The molecule has 23 heavy (non-hydrogen) atoms. The number of carbonyl (C=O) groups excluding carboxylic acids is 1. The van der Waals surface area contributed by atoms with Crippen LogP contribution >= 0.6 is 0 Å². The van der Waals surface area contributed by atoms with Gasteiger partial charge >= 0.3 is 0 Å². The van der Waals surface area contributed by atoms with Gasteiger partial charge in [-0.25, -0.2) is 0 Å². The molecular formula is C18H22N2O3. The van der Waals surface area contributed by atoms with Crippen LogP contribution in [0.2, 0.25) is 0 Å². The number of rotatable bonds is 5. The Morgan fingerprint density at radius 3 is 3.00 bits per heavy atom. The predicted octanol–water partition coefficient (Wildman–Crippen LogP) is 2.68. The molecule has 1 aliphatic rings. The maximum atomic E-state index is 12.3. The van der Waals surface area contributed by atoms with Gasteiger partial charge in [-0.1, -0.05) is 0 Å². The number of amides is 1. The monoisotopic (exact) mass is 314 g/mol. The zero-order chi connectivity index (χ0) is 16.4. The third-order valence-corrected chi connectivity index (χ3v) is 3.99. The summed E-state index contributed by atoms with van der Waals surface area (Å²) in [6.45, 7) is 5.01. The van der Waals surface area contributed by atoms with Crippen LogP contribution in [0, 0.1) is 0 Å². The van der Waals surface area contributed by atoms with Crippen molar-refractivity contribution in [2.24, 2.45) is 7.05 Å². The van der Waals surface area contributed by atoms with Crippen LogP contribution < -0.4 is 14.8 Å². The van der Waals surface area contributed by atoms with Gasteiger partial charge in [0.25, 0.3) is 5.91 Å². The zero-order valence-corrected chi connectivity index (χ0v) is 13.8. The highest BCUT2D eigenvalue weighted by Crippen LogP contribution is 2.35. The fraction of sp³-hybridized carbons (Fsp3) is 0.389. The maximum absolute atomic E-state index is 12.3. The Hall–Kier alpha value is -2.43. The number of hydrogen-bond donors (Lipinski definition) is 1. The number of carbonyl (C=O) groups is 1. The highest BCUT2D eigenvalue weighted by molar-refractivity contribution is 5.92. The molecule has 1 unspecified atom stereocenters. The van der Waals surface area contributed by atoms with Crippen molar-refractivity contribution in [2.45, 2.75) is 32.9 Å². The first-order valence-electron chi connectivity index (χ1n) is 7.93. The molecule has 0 bridgehead atoms. The van der Waals surface area contributed by atoms with Gasteiger partial charge in [-0.3, -0.25) is 4.79 Å². The summed E-state index contributed by atoms with van der Waals surface area (Å²) in [4.78, 5) is 12.3. The highest BCUT2D eigenvalue weighted by atomic mass is 16.5. The van der Waals surface area contributed by atoms with E-state index in [1.54, 1.807) is 10.6 Å². The minimum absolute atomic E-state index is 0.102. The van der Waals surface area contributed by atoms with E-state index in [4.69, 9.17) is 9.47 Å². The minimum atomic E-state index is -0.102. The van der Waals surface area contributed by atoms with E-state index in [1.807, 2.05) is 38.4 Å². The van der Waals surface area contributed by atoms with Crippen LogP contribution in [0.4, 0.5) is 0 Å². The average Bonchev–Trinajstić information content (AvgIpc) is 3.09. The summed E-state index contributed by atoms with van der Waals surface area (Å²) in [6.07, 6.45) is 2.93. The van der Waals surface area contributed by atoms with Gasteiger partial charge in [0.2, 0.25) is 0 Å². The number of hydrogen-bond acceptors (Lipinski definition) is 3. The van der Waals surface area contributed by atoms with Gasteiger partial charge in [0.15, 0.2) is 0 Å². The lowest BCUT2D eigenvalue weighted by atomic mass is 10.1. The number of fused-ring (bicyclic) bond motifs is 1. The molecule has 2 heterocycles. The van der Waals surface area contributed by atoms with Crippen molar-refractivity contribution in [1.29, 1.82) is 0 Å². The van der Waals surface area contributed by atoms with Crippen molar-refractivity contribution < 1.29 is 14.3 Å². The summed E-state index contributed by atoms with van der Waals surface area (Å²) in [5.74, 6) is 1.61. The topological polar surface area (TPSA) is 52.5 Å². The Kier molecular flexibility index (Phi) is 4.28. The second-order valence-electron chi connectivity index (χ2n) is 5.82. The Morgan fingerprint density at radius 2 is 2.30 bits per heavy atom. The van der Waals surface area contributed by atoms with Crippen molar-refractivity contribution in [3.8, 4) is 11.5 Å². The summed E-state index contributed by atoms with van der Waals surface area (Å²) >= 11 is 0. The molecule has 0 fully saturated rings. The molecule has 1 atom stereocenters. The van der Waals surface area contributed by atoms with Crippen LogP contribution in [0.5, 0.6) is 11.5 Å². The smallest absolute Gasteiger partial charge is 0.268 e. The Bertz CT molecular complexity index is 721. The van der Waals surface area contributed by atoms with Crippen LogP contribution in [0.15, 0.2) is 30.5 Å². The molecule has 0 saturated carbocycles. The normalized spacial score (nSPS) is 15.9. The molecular weight excluding hydrogens is 292 g/mol. The second-order valence-corrected chi connectivity index (χ2v) is 5.82. The standard InChI is InChI=1S/C18H22N2O3/c1-4-22-16-9-13-8-12(2)23-17(13)10-14(16)11-19-18(21)15-6-5-7-20(15)3/h5-7,9-10,12H,4,8,11H2,1-3H3,(H,19,21). The lowest BCUT2D eigenvalue weighted by Crippen LogP contribution is -2.25. The number of benzene rings is 1. The van der Waals surface area contributed by atoms with Gasteiger partial charge in [0.05, 0.1) is 6.61 Å². The van der Waals surface area contributed by atoms with Crippen molar-refractivity contribution in [3.63, 3.8) is 0 Å². The number of nitrogens with one attached hydrogen (secondary N) is 1. The molecule has 1 aromatic heterocycles. The van der Waals surface area contributed by atoms with E-state index in [0.717, 1.165) is 23.5 Å². The molecule has 1 aromatic carbocycles. The molecule has 3 rings (SSSR count). The lowest BCUT2D eigenvalue weighted by molar-refractivity contribution is 0.0942. The molecule has 0 spiro atoms. The van der Waals surface area contributed by atoms with E-state index in [2.05, 4.69) is 12.2 Å². The van der Waals surface area contributed by atoms with Crippen molar-refractivity contribution in [3.05, 3.63) is 47.3 Å². The average molecular weight is 314 g/mol. The first kappa shape index (κ1) is 15.5. The molecule has 2 aromatic rings. The van der Waals surface area contributed by atoms with Crippen LogP contribution in [0.3, 0.4) is 0 Å². The highest BCUT2D eigenvalue weighted by Gasteiger charge is 2.22. The Morgan fingerprint density at radius 1 is 1.48 bits per heavy atom. The first-order valence-corrected chi connectivity index (χ1v) is 7.93. The van der Waals surface area contributed by atoms with E-state index in [9.17, 15) is 4.79 Å². The Balaban J connectivity index is 1.78. The zero-order valence-electron chi connectivity index (χ0n) is 13.8. The van der Waals surface area contributed by atoms with Gasteiger partial charge < -0.3 is 19.4 Å². The number of ether oxygens (including phenoxy) is 2. The van der Waals surface area contributed by atoms with Crippen LogP contribution in [-0.2, 0) is 20.0 Å². The molecule has 122 valence electrons. The number of aryl methyl sites for hydroxylation is 1. The maximum Gasteiger partial charge on any atom is 0.268 e. The molecule has 0 aliphatic carbocycles. The van der Waals surface area contributed by atoms with Gasteiger partial charge in [-0.15, -0.1) is 0 Å². The largest absolute Gasteiger partial charge is 0.494 e. The molecule has 1 N–H and O–H groups in total. The third-order valence-electron chi connectivity index (χ3n) is 3.99. The summed E-state index contributed by atoms with van der Waals surface area (Å²) in [5.41, 5.74) is 2.73. The molecule has 1 aliphatic heterocycles. The van der Waals surface area contributed by atoms with E-state index >= 15 is 0 Å². The van der Waals surface area contributed by atoms with Crippen molar-refractivity contribution >= 4 is 5.91 Å². The van der Waals surface area contributed by atoms with Crippen LogP contribution in [0.1, 0.15) is 35.5 Å². The van der Waals surface area contributed by atoms with E-state index in [-0.39, 0.29) is 12.0 Å².